The molecule has 3 rings (SSSR count). The first kappa shape index (κ1) is 17.5. The van der Waals surface area contributed by atoms with Crippen LogP contribution in [-0.4, -0.2) is 17.1 Å². The van der Waals surface area contributed by atoms with E-state index in [0.29, 0.717) is 11.3 Å². The molecule has 130 valence electrons. The quantitative estimate of drug-likeness (QED) is 0.824. The number of carbonyl (C=O) groups is 2. The van der Waals surface area contributed by atoms with Crippen LogP contribution >= 0.6 is 11.8 Å². The predicted molar refractivity (Wildman–Crippen MR) is 103 cm³/mol. The normalized spacial score (nSPS) is 16.8. The molecule has 1 heterocycles. The molecule has 5 heteroatoms. The molecule has 0 aliphatic carbocycles. The Morgan fingerprint density at radius 2 is 1.80 bits per heavy atom. The third-order valence-corrected chi connectivity index (χ3v) is 5.36. The summed E-state index contributed by atoms with van der Waals surface area (Å²) >= 11 is 1.50. The fraction of sp³-hybridized carbons (Fsp3) is 0.300. The van der Waals surface area contributed by atoms with Crippen molar-refractivity contribution >= 4 is 35.0 Å². The van der Waals surface area contributed by atoms with Gasteiger partial charge in [-0.2, -0.15) is 0 Å². The van der Waals surface area contributed by atoms with Crippen LogP contribution in [0, 0.1) is 0 Å². The first-order valence-corrected chi connectivity index (χ1v) is 9.15. The molecule has 4 nitrogen and oxygen atoms in total. The molecule has 0 radical (unpaired) electrons. The summed E-state index contributed by atoms with van der Waals surface area (Å²) in [5.74, 6) is -0.225. The second-order valence-electron chi connectivity index (χ2n) is 7.24. The molecule has 0 aromatic heterocycles. The van der Waals surface area contributed by atoms with E-state index in [2.05, 4.69) is 31.4 Å². The molecule has 2 amide bonds. The smallest absolute Gasteiger partial charge is 0.255 e. The van der Waals surface area contributed by atoms with Crippen LogP contribution in [0.2, 0.25) is 0 Å². The Labute approximate surface area is 152 Å². The third-order valence-electron chi connectivity index (χ3n) is 4.18. The Hall–Kier alpha value is -2.27. The van der Waals surface area contributed by atoms with Crippen molar-refractivity contribution in [3.05, 3.63) is 53.6 Å². The maximum atomic E-state index is 12.5. The second-order valence-corrected chi connectivity index (χ2v) is 8.62. The highest BCUT2D eigenvalue weighted by molar-refractivity contribution is 8.00. The topological polar surface area (TPSA) is 58.2 Å². The van der Waals surface area contributed by atoms with Gasteiger partial charge in [0.05, 0.1) is 10.9 Å². The molecule has 1 aliphatic rings. The fourth-order valence-corrected chi connectivity index (χ4v) is 3.54. The number of hydrogen-bond donors (Lipinski definition) is 2. The highest BCUT2D eigenvalue weighted by Crippen LogP contribution is 2.36. The van der Waals surface area contributed by atoms with Crippen LogP contribution in [-0.2, 0) is 10.2 Å². The highest BCUT2D eigenvalue weighted by Gasteiger charge is 2.23. The first-order valence-electron chi connectivity index (χ1n) is 8.27. The van der Waals surface area contributed by atoms with E-state index in [4.69, 9.17) is 0 Å². The number of hydrogen-bond acceptors (Lipinski definition) is 3. The summed E-state index contributed by atoms with van der Waals surface area (Å²) in [5, 5.41) is 5.64. The minimum Gasteiger partial charge on any atom is -0.324 e. The van der Waals surface area contributed by atoms with Crippen LogP contribution in [0.25, 0.3) is 0 Å². The van der Waals surface area contributed by atoms with Crippen LogP contribution in [0.5, 0.6) is 0 Å². The third kappa shape index (κ3) is 3.87. The molecule has 2 aromatic rings. The van der Waals surface area contributed by atoms with Gasteiger partial charge in [0.1, 0.15) is 0 Å². The van der Waals surface area contributed by atoms with Crippen molar-refractivity contribution in [1.82, 2.24) is 0 Å². The summed E-state index contributed by atoms with van der Waals surface area (Å²) < 4.78 is 0. The monoisotopic (exact) mass is 354 g/mol. The highest BCUT2D eigenvalue weighted by atomic mass is 32.2. The molecule has 0 fully saturated rings. The lowest BCUT2D eigenvalue weighted by Crippen LogP contribution is -2.26. The summed E-state index contributed by atoms with van der Waals surface area (Å²) in [6.07, 6.45) is 0. The van der Waals surface area contributed by atoms with Gasteiger partial charge in [-0.15, -0.1) is 11.8 Å². The van der Waals surface area contributed by atoms with E-state index in [1.165, 1.54) is 17.3 Å². The van der Waals surface area contributed by atoms with Gasteiger partial charge < -0.3 is 10.6 Å². The van der Waals surface area contributed by atoms with Crippen LogP contribution in [0.1, 0.15) is 43.6 Å². The minimum absolute atomic E-state index is 0.0344. The van der Waals surface area contributed by atoms with Crippen LogP contribution in [0.15, 0.2) is 47.4 Å². The van der Waals surface area contributed by atoms with Crippen LogP contribution in [0.3, 0.4) is 0 Å². The molecule has 0 saturated heterocycles. The van der Waals surface area contributed by atoms with Crippen molar-refractivity contribution in [2.24, 2.45) is 0 Å². The van der Waals surface area contributed by atoms with Crippen molar-refractivity contribution in [1.29, 1.82) is 0 Å². The molecular formula is C20H22N2O2S. The molecule has 2 aromatic carbocycles. The zero-order valence-corrected chi connectivity index (χ0v) is 15.7. The SMILES string of the molecule is CC1Sc2ccc(C(=O)Nc3ccc(C(C)(C)C)cc3)cc2NC1=O. The Morgan fingerprint density at radius 3 is 2.44 bits per heavy atom. The van der Waals surface area contributed by atoms with Gasteiger partial charge in [0.2, 0.25) is 5.91 Å². The number of nitrogens with one attached hydrogen (secondary N) is 2. The van der Waals surface area contributed by atoms with E-state index in [1.807, 2.05) is 37.3 Å². The van der Waals surface area contributed by atoms with Gasteiger partial charge in [0.25, 0.3) is 5.91 Å². The molecule has 1 unspecified atom stereocenters. The lowest BCUT2D eigenvalue weighted by atomic mass is 9.87. The number of amides is 2. The van der Waals surface area contributed by atoms with E-state index in [-0.39, 0.29) is 22.5 Å². The Balaban J connectivity index is 1.76. The van der Waals surface area contributed by atoms with E-state index in [1.54, 1.807) is 12.1 Å². The average Bonchev–Trinajstić information content (AvgIpc) is 2.55. The zero-order chi connectivity index (χ0) is 18.2. The van der Waals surface area contributed by atoms with Crippen molar-refractivity contribution in [2.75, 3.05) is 10.6 Å². The maximum Gasteiger partial charge on any atom is 0.255 e. The molecule has 1 atom stereocenters. The molecule has 1 aliphatic heterocycles. The number of carbonyl (C=O) groups excluding carboxylic acids is 2. The second kappa shape index (κ2) is 6.56. The largest absolute Gasteiger partial charge is 0.324 e. The maximum absolute atomic E-state index is 12.5. The zero-order valence-electron chi connectivity index (χ0n) is 14.8. The molecule has 25 heavy (non-hydrogen) atoms. The molecule has 0 bridgehead atoms. The summed E-state index contributed by atoms with van der Waals surface area (Å²) in [4.78, 5) is 25.3. The molecule has 0 saturated carbocycles. The lowest BCUT2D eigenvalue weighted by Gasteiger charge is -2.21. The lowest BCUT2D eigenvalue weighted by molar-refractivity contribution is -0.115. The van der Waals surface area contributed by atoms with Gasteiger partial charge in [0, 0.05) is 16.1 Å². The summed E-state index contributed by atoms with van der Waals surface area (Å²) in [7, 11) is 0. The summed E-state index contributed by atoms with van der Waals surface area (Å²) in [6, 6.07) is 13.3. The molecular weight excluding hydrogens is 332 g/mol. The van der Waals surface area contributed by atoms with Gasteiger partial charge in [-0.05, 0) is 48.2 Å². The standard InChI is InChI=1S/C20H22N2O2S/c1-12-18(23)22-16-11-13(5-10-17(16)25-12)19(24)21-15-8-6-14(7-9-15)20(2,3)4/h5-12H,1-4H3,(H,21,24)(H,22,23). The summed E-state index contributed by atoms with van der Waals surface area (Å²) in [6.45, 7) is 8.33. The van der Waals surface area contributed by atoms with Gasteiger partial charge in [-0.3, -0.25) is 9.59 Å². The van der Waals surface area contributed by atoms with E-state index in [9.17, 15) is 9.59 Å². The first-order chi connectivity index (χ1) is 11.7. The predicted octanol–water partition coefficient (Wildman–Crippen LogP) is 4.67. The van der Waals surface area contributed by atoms with E-state index < -0.39 is 0 Å². The van der Waals surface area contributed by atoms with Crippen molar-refractivity contribution in [3.8, 4) is 0 Å². The van der Waals surface area contributed by atoms with Crippen molar-refractivity contribution in [2.45, 2.75) is 43.3 Å². The number of anilines is 2. The van der Waals surface area contributed by atoms with Gasteiger partial charge >= 0.3 is 0 Å². The number of benzene rings is 2. The van der Waals surface area contributed by atoms with Gasteiger partial charge in [-0.1, -0.05) is 32.9 Å². The fourth-order valence-electron chi connectivity index (χ4n) is 2.61. The average molecular weight is 354 g/mol. The Bertz CT molecular complexity index is 823. The van der Waals surface area contributed by atoms with Gasteiger partial charge in [-0.25, -0.2) is 0 Å². The van der Waals surface area contributed by atoms with Crippen LogP contribution in [0.4, 0.5) is 11.4 Å². The summed E-state index contributed by atoms with van der Waals surface area (Å²) in [5.41, 5.74) is 3.27. The van der Waals surface area contributed by atoms with Crippen molar-refractivity contribution < 1.29 is 9.59 Å². The molecule has 2 N–H and O–H groups in total. The van der Waals surface area contributed by atoms with Crippen LogP contribution < -0.4 is 10.6 Å². The van der Waals surface area contributed by atoms with E-state index in [0.717, 1.165) is 10.6 Å². The number of fused-ring (bicyclic) bond motifs is 1. The molecule has 0 spiro atoms. The van der Waals surface area contributed by atoms with Gasteiger partial charge in [0.15, 0.2) is 0 Å². The number of thioether (sulfide) groups is 1. The Kier molecular flexibility index (Phi) is 4.60. The van der Waals surface area contributed by atoms with E-state index >= 15 is 0 Å². The van der Waals surface area contributed by atoms with Crippen molar-refractivity contribution in [3.63, 3.8) is 0 Å². The minimum atomic E-state index is -0.191. The Morgan fingerprint density at radius 1 is 1.12 bits per heavy atom. The number of rotatable bonds is 2.